The third-order valence-corrected chi connectivity index (χ3v) is 4.11. The number of thioether (sulfide) groups is 1. The van der Waals surface area contributed by atoms with Gasteiger partial charge in [0.1, 0.15) is 5.82 Å². The fourth-order valence-electron chi connectivity index (χ4n) is 1.26. The molecule has 1 heterocycles. The van der Waals surface area contributed by atoms with Crippen molar-refractivity contribution in [3.05, 3.63) is 23.3 Å². The minimum Gasteiger partial charge on any atom is -0.206 e. The predicted molar refractivity (Wildman–Crippen MR) is 60.8 cm³/mol. The van der Waals surface area contributed by atoms with Gasteiger partial charge in [-0.3, -0.25) is 0 Å². The van der Waals surface area contributed by atoms with Gasteiger partial charge in [0, 0.05) is 20.4 Å². The van der Waals surface area contributed by atoms with Crippen molar-refractivity contribution in [1.29, 1.82) is 0 Å². The third kappa shape index (κ3) is 1.47. The summed E-state index contributed by atoms with van der Waals surface area (Å²) in [6, 6.07) is 3.31. The topological polar surface area (TPSA) is 0 Å². The first-order chi connectivity index (χ1) is 6.24. The second kappa shape index (κ2) is 3.52. The number of hydrogen-bond acceptors (Lipinski definition) is 3. The van der Waals surface area contributed by atoms with Crippen LogP contribution in [0.4, 0.5) is 4.39 Å². The van der Waals surface area contributed by atoms with Crippen LogP contribution in [0, 0.1) is 5.82 Å². The summed E-state index contributed by atoms with van der Waals surface area (Å²) in [5.41, 5.74) is 0. The molecule has 0 fully saturated rings. The minimum atomic E-state index is -0.159. The maximum Gasteiger partial charge on any atom is 0.137 e. The Hall–Kier alpha value is -0.190. The average molecular weight is 230 g/mol. The lowest BCUT2D eigenvalue weighted by Gasteiger charge is -2.01. The molecule has 0 aliphatic carbocycles. The van der Waals surface area contributed by atoms with E-state index in [0.29, 0.717) is 4.90 Å². The van der Waals surface area contributed by atoms with Crippen LogP contribution < -0.4 is 0 Å². The Bertz CT molecular complexity index is 447. The summed E-state index contributed by atoms with van der Waals surface area (Å²) in [6.07, 6.45) is 1.88. The van der Waals surface area contributed by atoms with Gasteiger partial charge in [-0.25, -0.2) is 4.39 Å². The van der Waals surface area contributed by atoms with Crippen molar-refractivity contribution >= 4 is 45.8 Å². The molecule has 68 valence electrons. The van der Waals surface area contributed by atoms with Crippen LogP contribution in [0.25, 0.3) is 10.1 Å². The Balaban J connectivity index is 2.88. The van der Waals surface area contributed by atoms with Gasteiger partial charge in [-0.2, -0.15) is 0 Å². The molecule has 0 unspecified atom stereocenters. The van der Waals surface area contributed by atoms with Crippen LogP contribution in [0.15, 0.2) is 27.3 Å². The second-order valence-corrected chi connectivity index (χ2v) is 4.78. The van der Waals surface area contributed by atoms with Crippen LogP contribution in [0.2, 0.25) is 0 Å². The van der Waals surface area contributed by atoms with Crippen molar-refractivity contribution in [1.82, 2.24) is 0 Å². The Morgan fingerprint density at radius 2 is 2.23 bits per heavy atom. The van der Waals surface area contributed by atoms with Gasteiger partial charge in [0.2, 0.25) is 0 Å². The zero-order valence-corrected chi connectivity index (χ0v) is 9.40. The van der Waals surface area contributed by atoms with Crippen LogP contribution in [0.3, 0.4) is 0 Å². The third-order valence-electron chi connectivity index (χ3n) is 1.83. The molecule has 0 nitrogen and oxygen atoms in total. The standard InChI is InChI=1S/C9H7FS3/c1-12-9-5(10)2-3-7-8(9)6(11)4-13-7/h2-4,11H,1H3. The highest BCUT2D eigenvalue weighted by Crippen LogP contribution is 2.37. The fourth-order valence-corrected chi connectivity index (χ4v) is 3.38. The number of thiophene rings is 1. The maximum atomic E-state index is 13.3. The number of halogens is 1. The molecule has 2 rings (SSSR count). The molecule has 0 radical (unpaired) electrons. The lowest BCUT2D eigenvalue weighted by Crippen LogP contribution is -1.80. The summed E-state index contributed by atoms with van der Waals surface area (Å²) in [5.74, 6) is -0.159. The first-order valence-corrected chi connectivity index (χ1v) is 6.22. The average Bonchev–Trinajstić information content (AvgIpc) is 2.49. The smallest absolute Gasteiger partial charge is 0.137 e. The zero-order chi connectivity index (χ0) is 9.42. The van der Waals surface area contributed by atoms with E-state index < -0.39 is 0 Å². The van der Waals surface area contributed by atoms with Gasteiger partial charge in [0.15, 0.2) is 0 Å². The number of rotatable bonds is 1. The molecule has 0 spiro atoms. The van der Waals surface area contributed by atoms with Gasteiger partial charge in [0.05, 0.1) is 4.90 Å². The summed E-state index contributed by atoms with van der Waals surface area (Å²) in [7, 11) is 0. The quantitative estimate of drug-likeness (QED) is 0.569. The molecule has 2 aromatic rings. The van der Waals surface area contributed by atoms with Crippen LogP contribution in [-0.4, -0.2) is 6.26 Å². The van der Waals surface area contributed by atoms with Crippen molar-refractivity contribution in [2.45, 2.75) is 9.79 Å². The monoisotopic (exact) mass is 230 g/mol. The minimum absolute atomic E-state index is 0.159. The predicted octanol–water partition coefficient (Wildman–Crippen LogP) is 4.05. The molecule has 1 aromatic heterocycles. The highest BCUT2D eigenvalue weighted by atomic mass is 32.2. The van der Waals surface area contributed by atoms with Crippen molar-refractivity contribution in [3.63, 3.8) is 0 Å². The molecule has 0 aliphatic rings. The Kier molecular flexibility index (Phi) is 2.53. The normalized spacial score (nSPS) is 11.0. The lowest BCUT2D eigenvalue weighted by molar-refractivity contribution is 0.605. The van der Waals surface area contributed by atoms with Gasteiger partial charge in [-0.05, 0) is 18.4 Å². The first-order valence-electron chi connectivity index (χ1n) is 3.66. The molecule has 0 aliphatic heterocycles. The van der Waals surface area contributed by atoms with E-state index in [-0.39, 0.29) is 5.82 Å². The van der Waals surface area contributed by atoms with Crippen LogP contribution >= 0.6 is 35.7 Å². The highest BCUT2D eigenvalue weighted by molar-refractivity contribution is 7.98. The Labute approximate surface area is 89.6 Å². The molecule has 0 saturated carbocycles. The van der Waals surface area contributed by atoms with Crippen LogP contribution in [0.5, 0.6) is 0 Å². The zero-order valence-electron chi connectivity index (χ0n) is 6.87. The molecule has 0 atom stereocenters. The van der Waals surface area contributed by atoms with E-state index in [1.807, 2.05) is 11.6 Å². The van der Waals surface area contributed by atoms with E-state index in [0.717, 1.165) is 15.0 Å². The van der Waals surface area contributed by atoms with Gasteiger partial charge in [-0.1, -0.05) is 0 Å². The second-order valence-electron chi connectivity index (χ2n) is 2.57. The summed E-state index contributed by atoms with van der Waals surface area (Å²) in [4.78, 5) is 1.56. The summed E-state index contributed by atoms with van der Waals surface area (Å²) in [6.45, 7) is 0. The molecule has 13 heavy (non-hydrogen) atoms. The van der Waals surface area contributed by atoms with E-state index in [2.05, 4.69) is 12.6 Å². The van der Waals surface area contributed by atoms with Gasteiger partial charge in [0.25, 0.3) is 0 Å². The Morgan fingerprint density at radius 1 is 1.46 bits per heavy atom. The molecule has 1 aromatic carbocycles. The summed E-state index contributed by atoms with van der Waals surface area (Å²) < 4.78 is 14.4. The molecular weight excluding hydrogens is 223 g/mol. The molecule has 0 bridgehead atoms. The molecule has 0 amide bonds. The number of fused-ring (bicyclic) bond motifs is 1. The summed E-state index contributed by atoms with van der Waals surface area (Å²) in [5, 5.41) is 2.88. The van der Waals surface area contributed by atoms with Gasteiger partial charge in [-0.15, -0.1) is 35.7 Å². The highest BCUT2D eigenvalue weighted by Gasteiger charge is 2.10. The maximum absolute atomic E-state index is 13.3. The van der Waals surface area contributed by atoms with E-state index in [9.17, 15) is 4.39 Å². The fraction of sp³-hybridized carbons (Fsp3) is 0.111. The van der Waals surface area contributed by atoms with Crippen molar-refractivity contribution in [3.8, 4) is 0 Å². The number of thiol groups is 1. The molecule has 0 N–H and O–H groups in total. The largest absolute Gasteiger partial charge is 0.206 e. The van der Waals surface area contributed by atoms with Gasteiger partial charge < -0.3 is 0 Å². The van der Waals surface area contributed by atoms with Crippen LogP contribution in [0.1, 0.15) is 0 Å². The lowest BCUT2D eigenvalue weighted by atomic mass is 10.2. The van der Waals surface area contributed by atoms with Crippen molar-refractivity contribution in [2.24, 2.45) is 0 Å². The molecule has 4 heteroatoms. The first kappa shape index (κ1) is 9.37. The molecule has 0 saturated heterocycles. The van der Waals surface area contributed by atoms with Crippen molar-refractivity contribution < 1.29 is 4.39 Å². The Morgan fingerprint density at radius 3 is 2.92 bits per heavy atom. The van der Waals surface area contributed by atoms with E-state index >= 15 is 0 Å². The van der Waals surface area contributed by atoms with E-state index in [4.69, 9.17) is 0 Å². The van der Waals surface area contributed by atoms with Crippen LogP contribution in [-0.2, 0) is 0 Å². The number of benzene rings is 1. The van der Waals surface area contributed by atoms with E-state index in [1.165, 1.54) is 17.8 Å². The number of hydrogen-bond donors (Lipinski definition) is 1. The van der Waals surface area contributed by atoms with Crippen molar-refractivity contribution in [2.75, 3.05) is 6.26 Å². The molecular formula is C9H7FS3. The van der Waals surface area contributed by atoms with Gasteiger partial charge >= 0.3 is 0 Å². The SMILES string of the molecule is CSc1c(F)ccc2scc(S)c12. The summed E-state index contributed by atoms with van der Waals surface area (Å²) >= 11 is 7.33. The van der Waals surface area contributed by atoms with E-state index in [1.54, 1.807) is 17.4 Å².